The summed E-state index contributed by atoms with van der Waals surface area (Å²) in [7, 11) is 0. The summed E-state index contributed by atoms with van der Waals surface area (Å²) in [5.41, 5.74) is -1.09. The van der Waals surface area contributed by atoms with Crippen LogP contribution in [-0.4, -0.2) is 42.0 Å². The predicted molar refractivity (Wildman–Crippen MR) is 78.6 cm³/mol. The minimum Gasteiger partial charge on any atom is -0.379 e. The molecule has 0 aromatic heterocycles. The molecule has 1 heterocycles. The maximum Gasteiger partial charge on any atom is 0.330 e. The number of hydrogen-bond donors (Lipinski definition) is 1. The Bertz CT molecular complexity index is 402. The fraction of sp³-hybridized carbons (Fsp3) is 0.800. The van der Waals surface area contributed by atoms with Crippen LogP contribution in [0.15, 0.2) is 0 Å². The number of urea groups is 1. The molecule has 21 heavy (non-hydrogen) atoms. The number of barbiturate groups is 1. The second-order valence-corrected chi connectivity index (χ2v) is 5.63. The van der Waals surface area contributed by atoms with Crippen molar-refractivity contribution in [2.45, 2.75) is 59.5 Å². The van der Waals surface area contributed by atoms with E-state index in [2.05, 4.69) is 5.32 Å². The predicted octanol–water partition coefficient (Wildman–Crippen LogP) is 2.08. The minimum atomic E-state index is -1.09. The molecule has 6 heteroatoms. The van der Waals surface area contributed by atoms with E-state index in [1.165, 1.54) is 4.90 Å². The first-order valence-corrected chi connectivity index (χ1v) is 7.68. The fourth-order valence-corrected chi connectivity index (χ4v) is 2.50. The molecule has 0 aromatic carbocycles. The number of unbranched alkanes of at least 4 members (excludes halogenated alkanes) is 1. The van der Waals surface area contributed by atoms with Gasteiger partial charge in [-0.3, -0.25) is 19.8 Å². The Labute approximate surface area is 126 Å². The van der Waals surface area contributed by atoms with Gasteiger partial charge in [0.2, 0.25) is 11.8 Å². The molecule has 1 aliphatic heterocycles. The van der Waals surface area contributed by atoms with Crippen LogP contribution in [0.5, 0.6) is 0 Å². The van der Waals surface area contributed by atoms with Crippen molar-refractivity contribution in [1.29, 1.82) is 0 Å². The van der Waals surface area contributed by atoms with E-state index in [0.29, 0.717) is 32.4 Å². The molecule has 4 amide bonds. The second-order valence-electron chi connectivity index (χ2n) is 5.63. The lowest BCUT2D eigenvalue weighted by molar-refractivity contribution is -0.152. The van der Waals surface area contributed by atoms with Crippen molar-refractivity contribution in [1.82, 2.24) is 10.2 Å². The van der Waals surface area contributed by atoms with E-state index in [4.69, 9.17) is 4.74 Å². The van der Waals surface area contributed by atoms with Crippen molar-refractivity contribution in [3.63, 3.8) is 0 Å². The molecule has 0 radical (unpaired) electrons. The number of hydrogen-bond acceptors (Lipinski definition) is 4. The molecular weight excluding hydrogens is 272 g/mol. The summed E-state index contributed by atoms with van der Waals surface area (Å²) in [6.07, 6.45) is 2.41. The summed E-state index contributed by atoms with van der Waals surface area (Å²) >= 11 is 0. The molecule has 0 unspecified atom stereocenters. The third-order valence-corrected chi connectivity index (χ3v) is 3.99. The van der Waals surface area contributed by atoms with Gasteiger partial charge in [0.1, 0.15) is 5.41 Å². The molecular formula is C15H26N2O4. The Morgan fingerprint density at radius 2 is 1.76 bits per heavy atom. The lowest BCUT2D eigenvalue weighted by Crippen LogP contribution is -2.63. The highest BCUT2D eigenvalue weighted by molar-refractivity contribution is 6.19. The van der Waals surface area contributed by atoms with Gasteiger partial charge < -0.3 is 4.74 Å². The molecule has 1 aliphatic rings. The Morgan fingerprint density at radius 1 is 1.14 bits per heavy atom. The number of carbonyl (C=O) groups excluding carboxylic acids is 3. The molecule has 1 fully saturated rings. The molecule has 120 valence electrons. The van der Waals surface area contributed by atoms with Crippen LogP contribution in [-0.2, 0) is 14.3 Å². The van der Waals surface area contributed by atoms with Gasteiger partial charge in [0, 0.05) is 13.2 Å². The summed E-state index contributed by atoms with van der Waals surface area (Å²) in [5, 5.41) is 2.31. The molecule has 1 N–H and O–H groups in total. The Morgan fingerprint density at radius 3 is 2.29 bits per heavy atom. The van der Waals surface area contributed by atoms with E-state index in [1.54, 1.807) is 13.8 Å². The Balaban J connectivity index is 2.62. The number of rotatable bonds is 8. The summed E-state index contributed by atoms with van der Waals surface area (Å²) in [5.74, 6) is -0.840. The molecule has 0 atom stereocenters. The van der Waals surface area contributed by atoms with Gasteiger partial charge in [-0.1, -0.05) is 13.8 Å². The van der Waals surface area contributed by atoms with Gasteiger partial charge in [0.05, 0.1) is 6.10 Å². The molecule has 1 saturated heterocycles. The SMILES string of the molecule is CCC1(CC)C(=O)NC(=O)N(CCCCOC(C)C)C1=O. The first-order valence-electron chi connectivity index (χ1n) is 7.68. The number of nitrogens with one attached hydrogen (secondary N) is 1. The van der Waals surface area contributed by atoms with Crippen molar-refractivity contribution in [2.24, 2.45) is 5.41 Å². The van der Waals surface area contributed by atoms with E-state index in [-0.39, 0.29) is 12.0 Å². The van der Waals surface area contributed by atoms with Gasteiger partial charge in [0.25, 0.3) is 0 Å². The van der Waals surface area contributed by atoms with Crippen molar-refractivity contribution >= 4 is 17.8 Å². The van der Waals surface area contributed by atoms with Crippen LogP contribution in [0.3, 0.4) is 0 Å². The van der Waals surface area contributed by atoms with Gasteiger partial charge in [0.15, 0.2) is 0 Å². The quantitative estimate of drug-likeness (QED) is 0.550. The smallest absolute Gasteiger partial charge is 0.330 e. The summed E-state index contributed by atoms with van der Waals surface area (Å²) < 4.78 is 5.43. The zero-order chi connectivity index (χ0) is 16.0. The van der Waals surface area contributed by atoms with E-state index in [0.717, 1.165) is 6.42 Å². The highest BCUT2D eigenvalue weighted by atomic mass is 16.5. The normalized spacial score (nSPS) is 18.3. The van der Waals surface area contributed by atoms with Crippen LogP contribution in [0, 0.1) is 5.41 Å². The molecule has 0 saturated carbocycles. The lowest BCUT2D eigenvalue weighted by atomic mass is 9.78. The van der Waals surface area contributed by atoms with Crippen molar-refractivity contribution in [3.05, 3.63) is 0 Å². The van der Waals surface area contributed by atoms with E-state index in [1.807, 2.05) is 13.8 Å². The highest BCUT2D eigenvalue weighted by Crippen LogP contribution is 2.32. The minimum absolute atomic E-state index is 0.176. The summed E-state index contributed by atoms with van der Waals surface area (Å²) in [6, 6.07) is -0.604. The largest absolute Gasteiger partial charge is 0.379 e. The number of imide groups is 2. The maximum absolute atomic E-state index is 12.5. The average Bonchev–Trinajstić information content (AvgIpc) is 2.42. The number of ether oxygens (including phenoxy) is 1. The van der Waals surface area contributed by atoms with Crippen LogP contribution < -0.4 is 5.32 Å². The Kier molecular flexibility index (Phi) is 6.33. The topological polar surface area (TPSA) is 75.7 Å². The van der Waals surface area contributed by atoms with Crippen molar-refractivity contribution < 1.29 is 19.1 Å². The van der Waals surface area contributed by atoms with Crippen LogP contribution in [0.1, 0.15) is 53.4 Å². The molecule has 0 bridgehead atoms. The van der Waals surface area contributed by atoms with E-state index >= 15 is 0 Å². The number of nitrogens with zero attached hydrogens (tertiary/aromatic N) is 1. The molecule has 0 aromatic rings. The number of carbonyl (C=O) groups is 3. The van der Waals surface area contributed by atoms with E-state index in [9.17, 15) is 14.4 Å². The van der Waals surface area contributed by atoms with Crippen molar-refractivity contribution in [2.75, 3.05) is 13.2 Å². The van der Waals surface area contributed by atoms with Gasteiger partial charge in [-0.15, -0.1) is 0 Å². The molecule has 0 spiro atoms. The van der Waals surface area contributed by atoms with Crippen LogP contribution in [0.25, 0.3) is 0 Å². The van der Waals surface area contributed by atoms with Gasteiger partial charge in [-0.2, -0.15) is 0 Å². The standard InChI is InChI=1S/C15H26N2O4/c1-5-15(6-2)12(18)16-14(20)17(13(15)19)9-7-8-10-21-11(3)4/h11H,5-10H2,1-4H3,(H,16,18,20). The highest BCUT2D eigenvalue weighted by Gasteiger charge is 2.51. The lowest BCUT2D eigenvalue weighted by Gasteiger charge is -2.38. The summed E-state index contributed by atoms with van der Waals surface area (Å²) in [6.45, 7) is 8.44. The number of amides is 4. The first-order chi connectivity index (χ1) is 9.89. The average molecular weight is 298 g/mol. The monoisotopic (exact) mass is 298 g/mol. The van der Waals surface area contributed by atoms with Crippen LogP contribution >= 0.6 is 0 Å². The van der Waals surface area contributed by atoms with Crippen molar-refractivity contribution in [3.8, 4) is 0 Å². The fourth-order valence-electron chi connectivity index (χ4n) is 2.50. The maximum atomic E-state index is 12.5. The zero-order valence-electron chi connectivity index (χ0n) is 13.4. The van der Waals surface area contributed by atoms with Gasteiger partial charge in [-0.05, 0) is 39.5 Å². The third kappa shape index (κ3) is 3.81. The Hall–Kier alpha value is -1.43. The molecule has 0 aliphatic carbocycles. The van der Waals surface area contributed by atoms with Crippen LogP contribution in [0.4, 0.5) is 4.79 Å². The van der Waals surface area contributed by atoms with Gasteiger partial charge >= 0.3 is 6.03 Å². The zero-order valence-corrected chi connectivity index (χ0v) is 13.4. The molecule has 6 nitrogen and oxygen atoms in total. The first kappa shape index (κ1) is 17.6. The molecule has 1 rings (SSSR count). The van der Waals surface area contributed by atoms with Crippen LogP contribution in [0.2, 0.25) is 0 Å². The third-order valence-electron chi connectivity index (χ3n) is 3.99. The van der Waals surface area contributed by atoms with Gasteiger partial charge in [-0.25, -0.2) is 4.79 Å². The summed E-state index contributed by atoms with van der Waals surface area (Å²) in [4.78, 5) is 37.5. The second kappa shape index (κ2) is 7.54. The van der Waals surface area contributed by atoms with E-state index < -0.39 is 17.4 Å².